The first kappa shape index (κ1) is 16.7. The van der Waals surface area contributed by atoms with Gasteiger partial charge in [-0.3, -0.25) is 0 Å². The molecule has 0 aromatic rings. The predicted molar refractivity (Wildman–Crippen MR) is 75.1 cm³/mol. The molecular formula is C15H22O9. The summed E-state index contributed by atoms with van der Waals surface area (Å²) in [6, 6.07) is 0. The molecule has 3 fully saturated rings. The molecule has 2 saturated heterocycles. The van der Waals surface area contributed by atoms with E-state index in [1.807, 2.05) is 0 Å². The van der Waals surface area contributed by atoms with Gasteiger partial charge in [0.15, 0.2) is 6.29 Å². The number of aliphatic hydroxyl groups is 5. The van der Waals surface area contributed by atoms with E-state index in [-0.39, 0.29) is 12.5 Å². The molecule has 0 radical (unpaired) electrons. The number of ether oxygens (including phenoxy) is 4. The van der Waals surface area contributed by atoms with E-state index in [1.165, 1.54) is 6.26 Å². The van der Waals surface area contributed by atoms with Gasteiger partial charge in [-0.05, 0) is 13.0 Å². The van der Waals surface area contributed by atoms with Crippen LogP contribution in [0.15, 0.2) is 12.3 Å². The van der Waals surface area contributed by atoms with Crippen molar-refractivity contribution in [1.82, 2.24) is 0 Å². The third-order valence-corrected chi connectivity index (χ3v) is 5.58. The minimum absolute atomic E-state index is 0.293. The highest BCUT2D eigenvalue weighted by atomic mass is 16.8. The van der Waals surface area contributed by atoms with Crippen molar-refractivity contribution >= 4 is 0 Å². The first-order chi connectivity index (χ1) is 11.4. The van der Waals surface area contributed by atoms with Crippen molar-refractivity contribution in [2.45, 2.75) is 61.7 Å². The van der Waals surface area contributed by atoms with Crippen LogP contribution in [0, 0.1) is 11.8 Å². The van der Waals surface area contributed by atoms with Crippen LogP contribution in [0.1, 0.15) is 6.92 Å². The molecule has 3 aliphatic heterocycles. The van der Waals surface area contributed by atoms with Crippen LogP contribution in [0.5, 0.6) is 0 Å². The Kier molecular flexibility index (Phi) is 3.90. The zero-order valence-corrected chi connectivity index (χ0v) is 13.0. The first-order valence-corrected chi connectivity index (χ1v) is 8.04. The van der Waals surface area contributed by atoms with Crippen molar-refractivity contribution in [3.05, 3.63) is 12.3 Å². The smallest absolute Gasteiger partial charge is 0.208 e. The molecule has 1 saturated carbocycles. The molecule has 0 aromatic heterocycles. The van der Waals surface area contributed by atoms with E-state index >= 15 is 0 Å². The second-order valence-electron chi connectivity index (χ2n) is 6.90. The van der Waals surface area contributed by atoms with Gasteiger partial charge in [-0.15, -0.1) is 0 Å². The summed E-state index contributed by atoms with van der Waals surface area (Å²) in [5, 5.41) is 49.7. The van der Waals surface area contributed by atoms with Crippen LogP contribution in [0.3, 0.4) is 0 Å². The number of hydrogen-bond acceptors (Lipinski definition) is 9. The van der Waals surface area contributed by atoms with E-state index in [2.05, 4.69) is 0 Å². The maximum absolute atomic E-state index is 10.3. The largest absolute Gasteiger partial charge is 0.472 e. The minimum atomic E-state index is -1.46. The molecule has 0 aromatic carbocycles. The van der Waals surface area contributed by atoms with Gasteiger partial charge in [-0.1, -0.05) is 0 Å². The lowest BCUT2D eigenvalue weighted by molar-refractivity contribution is -0.339. The summed E-state index contributed by atoms with van der Waals surface area (Å²) in [7, 11) is 0. The van der Waals surface area contributed by atoms with Crippen molar-refractivity contribution in [3.63, 3.8) is 0 Å². The van der Waals surface area contributed by atoms with E-state index in [0.29, 0.717) is 0 Å². The average molecular weight is 346 g/mol. The Morgan fingerprint density at radius 2 is 1.79 bits per heavy atom. The standard InChI is InChI=1S/C15H22O9/c1-5-8(17)10(19)11(20)14(22-5)23-13-7-6(2-3-21-13)9(18)12-15(7,4-16)24-12/h2-3,5-14,16-20H,4H2,1H3/t5-,6+,7+,8-,9-,10+,11+,12?,13-,14-,15?/m0/s1. The Morgan fingerprint density at radius 1 is 1.04 bits per heavy atom. The lowest BCUT2D eigenvalue weighted by Crippen LogP contribution is -2.59. The van der Waals surface area contributed by atoms with Gasteiger partial charge >= 0.3 is 0 Å². The monoisotopic (exact) mass is 346 g/mol. The Bertz CT molecular complexity index is 527. The summed E-state index contributed by atoms with van der Waals surface area (Å²) in [5.41, 5.74) is -0.942. The average Bonchev–Trinajstić information content (AvgIpc) is 3.27. The summed E-state index contributed by atoms with van der Waals surface area (Å²) < 4.78 is 22.1. The maximum Gasteiger partial charge on any atom is 0.208 e. The Balaban J connectivity index is 1.53. The second-order valence-corrected chi connectivity index (χ2v) is 6.90. The fourth-order valence-corrected chi connectivity index (χ4v) is 4.12. The molecule has 3 heterocycles. The zero-order valence-electron chi connectivity index (χ0n) is 13.0. The number of fused-ring (bicyclic) bond motifs is 3. The molecule has 9 nitrogen and oxygen atoms in total. The van der Waals surface area contributed by atoms with Gasteiger partial charge in [0.1, 0.15) is 30.0 Å². The predicted octanol–water partition coefficient (Wildman–Crippen LogP) is -2.56. The maximum atomic E-state index is 10.3. The van der Waals surface area contributed by atoms with Crippen LogP contribution in [0.2, 0.25) is 0 Å². The minimum Gasteiger partial charge on any atom is -0.472 e. The van der Waals surface area contributed by atoms with Gasteiger partial charge in [-0.25, -0.2) is 0 Å². The molecule has 0 spiro atoms. The lowest BCUT2D eigenvalue weighted by Gasteiger charge is -2.42. The number of aliphatic hydroxyl groups excluding tert-OH is 5. The molecule has 2 unspecified atom stereocenters. The summed E-state index contributed by atoms with van der Waals surface area (Å²) in [6.45, 7) is 1.26. The van der Waals surface area contributed by atoms with E-state index in [9.17, 15) is 25.5 Å². The molecule has 4 aliphatic rings. The van der Waals surface area contributed by atoms with Crippen LogP contribution in [-0.2, 0) is 18.9 Å². The Labute approximate surface area is 138 Å². The highest BCUT2D eigenvalue weighted by Gasteiger charge is 2.75. The number of rotatable bonds is 3. The van der Waals surface area contributed by atoms with Gasteiger partial charge < -0.3 is 44.5 Å². The zero-order chi connectivity index (χ0) is 17.2. The summed E-state index contributed by atoms with van der Waals surface area (Å²) in [6.07, 6.45) is -5.19. The van der Waals surface area contributed by atoms with E-state index in [4.69, 9.17) is 18.9 Å². The van der Waals surface area contributed by atoms with Gasteiger partial charge in [-0.2, -0.15) is 0 Å². The summed E-state index contributed by atoms with van der Waals surface area (Å²) >= 11 is 0. The SMILES string of the molecule is C[C@@H]1O[C@@H](O[C@@H]2OC=C[C@@H]3[C@H]2C2(CO)OC2[C@H]3O)[C@H](O)[C@H](O)[C@H]1O. The van der Waals surface area contributed by atoms with E-state index in [0.717, 1.165) is 0 Å². The van der Waals surface area contributed by atoms with Crippen LogP contribution < -0.4 is 0 Å². The number of hydrogen-bond donors (Lipinski definition) is 5. The molecule has 24 heavy (non-hydrogen) atoms. The molecular weight excluding hydrogens is 324 g/mol. The van der Waals surface area contributed by atoms with E-state index in [1.54, 1.807) is 13.0 Å². The third kappa shape index (κ3) is 2.17. The van der Waals surface area contributed by atoms with Crippen molar-refractivity contribution < 1.29 is 44.5 Å². The van der Waals surface area contributed by atoms with E-state index < -0.39 is 60.7 Å². The molecule has 11 atom stereocenters. The molecule has 0 bridgehead atoms. The van der Waals surface area contributed by atoms with Crippen molar-refractivity contribution in [2.75, 3.05) is 6.61 Å². The van der Waals surface area contributed by atoms with Gasteiger partial charge in [0.25, 0.3) is 0 Å². The quantitative estimate of drug-likeness (QED) is 0.349. The molecule has 4 rings (SSSR count). The second kappa shape index (κ2) is 5.61. The van der Waals surface area contributed by atoms with Crippen molar-refractivity contribution in [2.24, 2.45) is 11.8 Å². The molecule has 5 N–H and O–H groups in total. The molecule has 1 aliphatic carbocycles. The highest BCUT2D eigenvalue weighted by Crippen LogP contribution is 2.59. The number of epoxide rings is 1. The topological polar surface area (TPSA) is 141 Å². The molecule has 9 heteroatoms. The Morgan fingerprint density at radius 3 is 2.50 bits per heavy atom. The van der Waals surface area contributed by atoms with Gasteiger partial charge in [0.2, 0.25) is 6.29 Å². The van der Waals surface area contributed by atoms with Crippen LogP contribution in [0.4, 0.5) is 0 Å². The van der Waals surface area contributed by atoms with Crippen LogP contribution >= 0.6 is 0 Å². The first-order valence-electron chi connectivity index (χ1n) is 8.04. The lowest BCUT2D eigenvalue weighted by atomic mass is 9.85. The van der Waals surface area contributed by atoms with Crippen molar-refractivity contribution in [3.8, 4) is 0 Å². The Hall–Kier alpha value is -0.780. The summed E-state index contributed by atoms with van der Waals surface area (Å²) in [4.78, 5) is 0. The normalized spacial score (nSPS) is 58.8. The van der Waals surface area contributed by atoms with Crippen LogP contribution in [-0.4, -0.2) is 86.9 Å². The van der Waals surface area contributed by atoms with Crippen molar-refractivity contribution in [1.29, 1.82) is 0 Å². The molecule has 136 valence electrons. The van der Waals surface area contributed by atoms with Gasteiger partial charge in [0, 0.05) is 5.92 Å². The van der Waals surface area contributed by atoms with Crippen LogP contribution in [0.25, 0.3) is 0 Å². The fourth-order valence-electron chi connectivity index (χ4n) is 4.12. The van der Waals surface area contributed by atoms with Gasteiger partial charge in [0.05, 0.1) is 31.0 Å². The summed E-state index contributed by atoms with van der Waals surface area (Å²) in [5.74, 6) is -0.800. The third-order valence-electron chi connectivity index (χ3n) is 5.58. The molecule has 0 amide bonds. The fraction of sp³-hybridized carbons (Fsp3) is 0.867. The highest BCUT2D eigenvalue weighted by molar-refractivity contribution is 5.24.